The van der Waals surface area contributed by atoms with E-state index >= 15 is 0 Å². The molecule has 2 atom stereocenters. The summed E-state index contributed by atoms with van der Waals surface area (Å²) in [4.78, 5) is 0.316. The van der Waals surface area contributed by atoms with Crippen LogP contribution in [-0.2, 0) is 16.4 Å². The molecule has 1 fully saturated rings. The van der Waals surface area contributed by atoms with Crippen molar-refractivity contribution in [1.82, 2.24) is 4.72 Å². The Bertz CT molecular complexity index is 1020. The molecule has 1 saturated heterocycles. The molecule has 1 aliphatic rings. The first-order chi connectivity index (χ1) is 14.1. The monoisotopic (exact) mass is 423 g/mol. The number of nitrogens with one attached hydrogen (secondary N) is 1. The molecule has 150 valence electrons. The van der Waals surface area contributed by atoms with Gasteiger partial charge in [-0.25, -0.2) is 13.1 Å². The molecular weight excluding hydrogens is 398 g/mol. The highest BCUT2D eigenvalue weighted by Crippen LogP contribution is 2.34. The highest BCUT2D eigenvalue weighted by molar-refractivity contribution is 8.06. The number of hydrogen-bond acceptors (Lipinski definition) is 3. The van der Waals surface area contributed by atoms with Crippen molar-refractivity contribution in [1.29, 1.82) is 0 Å². The summed E-state index contributed by atoms with van der Waals surface area (Å²) in [6.07, 6.45) is 2.62. The summed E-state index contributed by atoms with van der Waals surface area (Å²) < 4.78 is 29.0. The molecule has 1 N–H and O–H groups in total. The van der Waals surface area contributed by atoms with Gasteiger partial charge in [0.1, 0.15) is 0 Å². The molecule has 0 radical (unpaired) electrons. The fraction of sp³-hybridized carbons (Fsp3) is 0.250. The number of sulfonamides is 1. The predicted molar refractivity (Wildman–Crippen MR) is 122 cm³/mol. The van der Waals surface area contributed by atoms with Crippen LogP contribution in [0.25, 0.3) is 11.1 Å². The zero-order chi connectivity index (χ0) is 20.1. The summed E-state index contributed by atoms with van der Waals surface area (Å²) in [5, 5.41) is 0.697. The molecule has 0 bridgehead atoms. The van der Waals surface area contributed by atoms with Crippen LogP contribution in [0.4, 0.5) is 0 Å². The van der Waals surface area contributed by atoms with Gasteiger partial charge in [0.2, 0.25) is 10.0 Å². The lowest BCUT2D eigenvalue weighted by atomic mass is 10.0. The van der Waals surface area contributed by atoms with Gasteiger partial charge in [0, 0.05) is 17.0 Å². The van der Waals surface area contributed by atoms with Crippen molar-refractivity contribution in [3.8, 4) is 11.1 Å². The van der Waals surface area contributed by atoms with Gasteiger partial charge in [-0.3, -0.25) is 0 Å². The van der Waals surface area contributed by atoms with Crippen molar-refractivity contribution in [2.24, 2.45) is 0 Å². The van der Waals surface area contributed by atoms with Gasteiger partial charge in [0.15, 0.2) is 0 Å². The van der Waals surface area contributed by atoms with Gasteiger partial charge < -0.3 is 0 Å². The van der Waals surface area contributed by atoms with E-state index in [2.05, 4.69) is 16.9 Å². The van der Waals surface area contributed by atoms with Crippen LogP contribution in [0.15, 0.2) is 89.8 Å². The Balaban J connectivity index is 1.49. The third-order valence-electron chi connectivity index (χ3n) is 5.16. The van der Waals surface area contributed by atoms with Gasteiger partial charge in [0.05, 0.1) is 4.90 Å². The molecule has 1 unspecified atom stereocenters. The van der Waals surface area contributed by atoms with Crippen LogP contribution in [0.5, 0.6) is 0 Å². The van der Waals surface area contributed by atoms with Crippen LogP contribution in [-0.4, -0.2) is 25.5 Å². The quantitative estimate of drug-likeness (QED) is 0.485. The molecule has 3 aromatic carbocycles. The maximum atomic E-state index is 13.0. The molecule has 3 nitrogen and oxygen atoms in total. The fourth-order valence-electron chi connectivity index (χ4n) is 3.47. The Morgan fingerprint density at radius 1 is 0.862 bits per heavy atom. The average Bonchev–Trinajstić information content (AvgIpc) is 3.58. The van der Waals surface area contributed by atoms with E-state index < -0.39 is 10.0 Å². The van der Waals surface area contributed by atoms with Gasteiger partial charge in [-0.15, -0.1) is 0 Å². The zero-order valence-electron chi connectivity index (χ0n) is 16.2. The molecule has 4 rings (SSSR count). The van der Waals surface area contributed by atoms with E-state index in [1.165, 1.54) is 5.75 Å². The molecule has 1 heterocycles. The first kappa shape index (κ1) is 20.2. The van der Waals surface area contributed by atoms with E-state index in [0.29, 0.717) is 16.6 Å². The SMILES string of the molecule is O=S(=O)(N[C@@H](CCC1CS1)Cc1ccccc1)c1ccc(-c2ccccc2)cc1. The molecular formula is C24H25NO2S2. The largest absolute Gasteiger partial charge is 0.240 e. The highest BCUT2D eigenvalue weighted by Gasteiger charge is 2.26. The van der Waals surface area contributed by atoms with Gasteiger partial charge >= 0.3 is 0 Å². The van der Waals surface area contributed by atoms with E-state index in [0.717, 1.165) is 29.5 Å². The highest BCUT2D eigenvalue weighted by atomic mass is 32.2. The third kappa shape index (κ3) is 5.72. The predicted octanol–water partition coefficient (Wildman–Crippen LogP) is 5.14. The summed E-state index contributed by atoms with van der Waals surface area (Å²) in [5.41, 5.74) is 3.24. The Kier molecular flexibility index (Phi) is 6.38. The fourth-order valence-corrected chi connectivity index (χ4v) is 5.34. The molecule has 5 heteroatoms. The lowest BCUT2D eigenvalue weighted by Crippen LogP contribution is -2.36. The summed E-state index contributed by atoms with van der Waals surface area (Å²) in [7, 11) is -3.56. The molecule has 0 aromatic heterocycles. The van der Waals surface area contributed by atoms with Crippen LogP contribution in [0.1, 0.15) is 18.4 Å². The summed E-state index contributed by atoms with van der Waals surface area (Å²) in [6, 6.07) is 27.1. The van der Waals surface area contributed by atoms with Gasteiger partial charge in [0.25, 0.3) is 0 Å². The number of thioether (sulfide) groups is 1. The van der Waals surface area contributed by atoms with Crippen LogP contribution in [0.3, 0.4) is 0 Å². The van der Waals surface area contributed by atoms with Gasteiger partial charge in [-0.1, -0.05) is 72.8 Å². The van der Waals surface area contributed by atoms with E-state index in [9.17, 15) is 8.42 Å². The zero-order valence-corrected chi connectivity index (χ0v) is 17.8. The summed E-state index contributed by atoms with van der Waals surface area (Å²) >= 11 is 1.95. The van der Waals surface area contributed by atoms with E-state index in [-0.39, 0.29) is 6.04 Å². The van der Waals surface area contributed by atoms with Crippen LogP contribution >= 0.6 is 11.8 Å². The van der Waals surface area contributed by atoms with Crippen molar-refractivity contribution in [2.45, 2.75) is 35.4 Å². The topological polar surface area (TPSA) is 46.2 Å². The van der Waals surface area contributed by atoms with Gasteiger partial charge in [-0.05, 0) is 48.1 Å². The average molecular weight is 424 g/mol. The molecule has 0 aliphatic carbocycles. The van der Waals surface area contributed by atoms with Crippen LogP contribution in [0, 0.1) is 0 Å². The molecule has 0 saturated carbocycles. The van der Waals surface area contributed by atoms with Crippen molar-refractivity contribution in [3.05, 3.63) is 90.5 Å². The molecule has 3 aromatic rings. The lowest BCUT2D eigenvalue weighted by Gasteiger charge is -2.19. The minimum absolute atomic E-state index is 0.0996. The number of benzene rings is 3. The van der Waals surface area contributed by atoms with E-state index in [1.54, 1.807) is 12.1 Å². The van der Waals surface area contributed by atoms with Crippen molar-refractivity contribution >= 4 is 21.8 Å². The summed E-state index contributed by atoms with van der Waals surface area (Å²) in [5.74, 6) is 1.20. The Hall–Kier alpha value is -2.08. The van der Waals surface area contributed by atoms with E-state index in [4.69, 9.17) is 0 Å². The maximum Gasteiger partial charge on any atom is 0.240 e. The molecule has 0 spiro atoms. The first-order valence-electron chi connectivity index (χ1n) is 9.93. The minimum Gasteiger partial charge on any atom is -0.208 e. The standard InChI is InChI=1S/C24H25NO2S2/c26-29(27,24-15-11-21(12-16-24)20-9-5-2-6-10-20)25-22(13-14-23-18-28-23)17-19-7-3-1-4-8-19/h1-12,15-16,22-23,25H,13-14,17-18H2/t22-,23?/m0/s1. The van der Waals surface area contributed by atoms with E-state index in [1.807, 2.05) is 72.4 Å². The lowest BCUT2D eigenvalue weighted by molar-refractivity contribution is 0.515. The van der Waals surface area contributed by atoms with Crippen molar-refractivity contribution in [2.75, 3.05) is 5.75 Å². The van der Waals surface area contributed by atoms with Crippen molar-refractivity contribution < 1.29 is 8.42 Å². The third-order valence-corrected chi connectivity index (χ3v) is 7.73. The molecule has 29 heavy (non-hydrogen) atoms. The number of rotatable bonds is 9. The molecule has 1 aliphatic heterocycles. The normalized spacial score (nSPS) is 17.0. The molecule has 0 amide bonds. The van der Waals surface area contributed by atoms with Gasteiger partial charge in [-0.2, -0.15) is 11.8 Å². The smallest absolute Gasteiger partial charge is 0.208 e. The minimum atomic E-state index is -3.56. The van der Waals surface area contributed by atoms with Crippen LogP contribution in [0.2, 0.25) is 0 Å². The Labute approximate surface area is 177 Å². The number of hydrogen-bond donors (Lipinski definition) is 1. The summed E-state index contributed by atoms with van der Waals surface area (Å²) in [6.45, 7) is 0. The van der Waals surface area contributed by atoms with Crippen molar-refractivity contribution in [3.63, 3.8) is 0 Å². The van der Waals surface area contributed by atoms with Crippen LogP contribution < -0.4 is 4.72 Å². The first-order valence-corrected chi connectivity index (χ1v) is 12.5. The second kappa shape index (κ2) is 9.16. The Morgan fingerprint density at radius 2 is 1.45 bits per heavy atom. The second-order valence-electron chi connectivity index (χ2n) is 7.43. The second-order valence-corrected chi connectivity index (χ2v) is 10.5. The Morgan fingerprint density at radius 3 is 2.07 bits per heavy atom. The maximum absolute atomic E-state index is 13.0.